The van der Waals surface area contributed by atoms with Gasteiger partial charge in [0.2, 0.25) is 0 Å². The van der Waals surface area contributed by atoms with Gasteiger partial charge in [-0.3, -0.25) is 0 Å². The van der Waals surface area contributed by atoms with Gasteiger partial charge in [-0.25, -0.2) is 0 Å². The molecule has 0 fully saturated rings. The molecule has 2 aromatic heterocycles. The van der Waals surface area contributed by atoms with Crippen molar-refractivity contribution in [3.8, 4) is 33.4 Å². The number of hydrogen-bond donors (Lipinski definition) is 0. The summed E-state index contributed by atoms with van der Waals surface area (Å²) >= 11 is 0. The molecule has 2 aliphatic carbocycles. The number of aromatic nitrogens is 1. The van der Waals surface area contributed by atoms with Crippen molar-refractivity contribution in [2.75, 3.05) is 4.90 Å². The topological polar surface area (TPSA) is 21.3 Å². The maximum absolute atomic E-state index is 7.16. The van der Waals surface area contributed by atoms with Gasteiger partial charge in [-0.1, -0.05) is 153 Å². The van der Waals surface area contributed by atoms with E-state index in [-0.39, 0.29) is 5.41 Å². The Morgan fingerprint density at radius 2 is 1.17 bits per heavy atom. The molecule has 2 heterocycles. The van der Waals surface area contributed by atoms with Crippen LogP contribution in [0.15, 0.2) is 199 Å². The summed E-state index contributed by atoms with van der Waals surface area (Å²) in [7, 11) is 0. The number of rotatable bonds is 6. The maximum atomic E-state index is 7.16. The van der Waals surface area contributed by atoms with Gasteiger partial charge in [-0.15, -0.1) is 0 Å². The number of anilines is 3. The quantitative estimate of drug-likeness (QED) is 0.168. The van der Waals surface area contributed by atoms with Crippen molar-refractivity contribution in [1.29, 1.82) is 0 Å². The van der Waals surface area contributed by atoms with E-state index < -0.39 is 0 Å². The number of hydrogen-bond acceptors (Lipinski definition) is 2. The van der Waals surface area contributed by atoms with Crippen molar-refractivity contribution >= 4 is 66.5 Å². The molecule has 3 heteroatoms. The van der Waals surface area contributed by atoms with E-state index in [1.165, 1.54) is 72.0 Å². The zero-order valence-electron chi connectivity index (χ0n) is 33.7. The van der Waals surface area contributed by atoms with Crippen LogP contribution in [0.3, 0.4) is 0 Å². The lowest BCUT2D eigenvalue weighted by molar-refractivity contribution is 0.653. The minimum absolute atomic E-state index is 0.109. The molecule has 286 valence electrons. The van der Waals surface area contributed by atoms with Gasteiger partial charge in [0.25, 0.3) is 0 Å². The molecule has 0 atom stereocenters. The summed E-state index contributed by atoms with van der Waals surface area (Å²) in [5, 5.41) is 4.81. The summed E-state index contributed by atoms with van der Waals surface area (Å²) in [6.45, 7) is 4.65. The molecule has 0 unspecified atom stereocenters. The Morgan fingerprint density at radius 3 is 1.95 bits per heavy atom. The van der Waals surface area contributed by atoms with Crippen LogP contribution in [0.4, 0.5) is 17.1 Å². The van der Waals surface area contributed by atoms with Crippen LogP contribution < -0.4 is 4.90 Å². The highest BCUT2D eigenvalue weighted by Crippen LogP contribution is 2.53. The van der Waals surface area contributed by atoms with Crippen molar-refractivity contribution in [1.82, 2.24) is 4.57 Å². The van der Waals surface area contributed by atoms with Gasteiger partial charge in [0, 0.05) is 49.6 Å². The number of nitrogens with zero attached hydrogens (tertiary/aromatic N) is 2. The van der Waals surface area contributed by atoms with E-state index in [0.717, 1.165) is 51.8 Å². The number of fused-ring (bicyclic) bond motifs is 10. The minimum atomic E-state index is -0.109. The first-order valence-electron chi connectivity index (χ1n) is 21.1. The molecule has 0 saturated heterocycles. The van der Waals surface area contributed by atoms with Gasteiger partial charge in [0.1, 0.15) is 5.58 Å². The molecular weight excluding hydrogens is 729 g/mol. The third-order valence-corrected chi connectivity index (χ3v) is 13.1. The summed E-state index contributed by atoms with van der Waals surface area (Å²) in [6, 6.07) is 64.3. The Morgan fingerprint density at radius 1 is 0.517 bits per heavy atom. The number of furan rings is 1. The van der Waals surface area contributed by atoms with Gasteiger partial charge in [-0.2, -0.15) is 0 Å². The zero-order valence-corrected chi connectivity index (χ0v) is 33.7. The van der Waals surface area contributed by atoms with E-state index in [1.807, 2.05) is 0 Å². The van der Waals surface area contributed by atoms with Gasteiger partial charge in [-0.05, 0) is 106 Å². The Labute approximate surface area is 349 Å². The third kappa shape index (κ3) is 5.22. The molecule has 2 aliphatic rings. The lowest BCUT2D eigenvalue weighted by atomic mass is 9.82. The lowest BCUT2D eigenvalue weighted by Crippen LogP contribution is -2.14. The first-order valence-corrected chi connectivity index (χ1v) is 21.1. The monoisotopic (exact) mass is 770 g/mol. The summed E-state index contributed by atoms with van der Waals surface area (Å²) in [6.07, 6.45) is 8.81. The third-order valence-electron chi connectivity index (χ3n) is 13.1. The molecule has 0 aliphatic heterocycles. The Bertz CT molecular complexity index is 3380. The second kappa shape index (κ2) is 13.3. The fourth-order valence-electron chi connectivity index (χ4n) is 10.1. The van der Waals surface area contributed by atoms with Gasteiger partial charge in [0.15, 0.2) is 5.58 Å². The average Bonchev–Trinajstić information content (AvgIpc) is 3.93. The van der Waals surface area contributed by atoms with E-state index in [1.54, 1.807) is 0 Å². The number of para-hydroxylation sites is 2. The maximum Gasteiger partial charge on any atom is 0.159 e. The van der Waals surface area contributed by atoms with E-state index in [4.69, 9.17) is 4.42 Å². The van der Waals surface area contributed by atoms with Crippen LogP contribution in [0.5, 0.6) is 0 Å². The van der Waals surface area contributed by atoms with E-state index >= 15 is 0 Å². The fourth-order valence-corrected chi connectivity index (χ4v) is 10.1. The molecule has 0 bridgehead atoms. The Kier molecular flexibility index (Phi) is 7.71. The van der Waals surface area contributed by atoms with Crippen LogP contribution in [0.1, 0.15) is 37.8 Å². The minimum Gasteiger partial charge on any atom is -0.453 e. The molecule has 60 heavy (non-hydrogen) atoms. The average molecular weight is 771 g/mol. The normalized spacial score (nSPS) is 14.2. The largest absolute Gasteiger partial charge is 0.453 e. The van der Waals surface area contributed by atoms with Gasteiger partial charge < -0.3 is 13.9 Å². The highest BCUT2D eigenvalue weighted by molar-refractivity contribution is 6.15. The zero-order chi connectivity index (χ0) is 40.0. The summed E-state index contributed by atoms with van der Waals surface area (Å²) < 4.78 is 9.61. The predicted octanol–water partition coefficient (Wildman–Crippen LogP) is 16.0. The molecule has 8 aromatic carbocycles. The highest BCUT2D eigenvalue weighted by atomic mass is 16.3. The predicted molar refractivity (Wildman–Crippen MR) is 252 cm³/mol. The smallest absolute Gasteiger partial charge is 0.159 e. The van der Waals surface area contributed by atoms with Crippen LogP contribution in [0, 0.1) is 0 Å². The number of benzene rings is 8. The fraction of sp³-hybridized carbons (Fsp3) is 0.0877. The lowest BCUT2D eigenvalue weighted by Gasteiger charge is -2.26. The van der Waals surface area contributed by atoms with Crippen molar-refractivity contribution in [2.45, 2.75) is 32.1 Å². The Hall–Kier alpha value is -7.36. The second-order valence-corrected chi connectivity index (χ2v) is 16.8. The van der Waals surface area contributed by atoms with Crippen LogP contribution in [-0.4, -0.2) is 4.57 Å². The highest BCUT2D eigenvalue weighted by Gasteiger charge is 2.37. The molecule has 12 rings (SSSR count). The van der Waals surface area contributed by atoms with Crippen LogP contribution in [-0.2, 0) is 5.41 Å². The van der Waals surface area contributed by atoms with Gasteiger partial charge in [0.05, 0.1) is 16.7 Å². The van der Waals surface area contributed by atoms with Gasteiger partial charge >= 0.3 is 0 Å². The van der Waals surface area contributed by atoms with Crippen LogP contribution in [0.2, 0.25) is 0 Å². The SMILES string of the molecule is CC1(C)c2ccccc2-c2c1ccc1c2oc2c(N(c3ccc(-c4ccccc4)cc3)c3ccc(-c4ccc5c(c4)c4ccccc4n5C4=CC=CCC4)cc3)cccc21. The van der Waals surface area contributed by atoms with Crippen LogP contribution >= 0.6 is 0 Å². The number of allylic oxidation sites excluding steroid dienone is 4. The van der Waals surface area contributed by atoms with Crippen molar-refractivity contribution in [2.24, 2.45) is 0 Å². The molecule has 0 radical (unpaired) electrons. The summed E-state index contributed by atoms with van der Waals surface area (Å²) in [5.74, 6) is 0. The van der Waals surface area contributed by atoms with E-state index in [9.17, 15) is 0 Å². The first kappa shape index (κ1) is 34.7. The van der Waals surface area contributed by atoms with Crippen LogP contribution in [0.25, 0.3) is 82.8 Å². The van der Waals surface area contributed by atoms with Crippen molar-refractivity contribution in [3.63, 3.8) is 0 Å². The van der Waals surface area contributed by atoms with E-state index in [0.29, 0.717) is 0 Å². The molecule has 3 nitrogen and oxygen atoms in total. The molecule has 0 saturated carbocycles. The molecule has 0 spiro atoms. The van der Waals surface area contributed by atoms with Crippen molar-refractivity contribution in [3.05, 3.63) is 205 Å². The van der Waals surface area contributed by atoms with Crippen molar-refractivity contribution < 1.29 is 4.42 Å². The standard InChI is InChI=1S/C57H42N2O/c1-57(2)49-21-11-9-19-47(49)54-50(57)34-33-46-45-20-13-23-53(55(45)60-56(46)54)58(42-29-24-38(25-30-42)37-14-5-3-6-15-37)43-31-26-39(27-32-43)40-28-35-52-48(36-40)44-18-10-12-22-51(44)59(52)41-16-7-4-8-17-41/h3-7,9-16,18-36H,8,17H2,1-2H3. The molecule has 0 amide bonds. The molecule has 10 aromatic rings. The Balaban J connectivity index is 1.00. The summed E-state index contributed by atoms with van der Waals surface area (Å²) in [4.78, 5) is 2.35. The summed E-state index contributed by atoms with van der Waals surface area (Å²) in [5.41, 5.74) is 18.6. The molecule has 0 N–H and O–H groups in total. The first-order chi connectivity index (χ1) is 29.5. The molecular formula is C57H42N2O. The second-order valence-electron chi connectivity index (χ2n) is 16.8. The van der Waals surface area contributed by atoms with E-state index in [2.05, 4.69) is 217 Å².